The minimum Gasteiger partial charge on any atom is -0.463 e. The summed E-state index contributed by atoms with van der Waals surface area (Å²) in [5.74, 6) is 0. The van der Waals surface area contributed by atoms with Gasteiger partial charge in [-0.2, -0.15) is 13.2 Å². The number of nitrogens with zero attached hydrogens (tertiary/aromatic N) is 2. The van der Waals surface area contributed by atoms with Crippen molar-refractivity contribution >= 4 is 0 Å². The van der Waals surface area contributed by atoms with E-state index in [-0.39, 0.29) is 6.01 Å². The van der Waals surface area contributed by atoms with Crippen LogP contribution < -0.4 is 4.74 Å². The monoisotopic (exact) mass is 192 g/mol. The zero-order valence-corrected chi connectivity index (χ0v) is 6.58. The third-order valence-electron chi connectivity index (χ3n) is 1.16. The van der Waals surface area contributed by atoms with E-state index in [2.05, 4.69) is 14.7 Å². The molecule has 0 amide bonds. The average Bonchev–Trinajstić information content (AvgIpc) is 2.04. The molecule has 0 aliphatic carbocycles. The minimum atomic E-state index is -4.20. The van der Waals surface area contributed by atoms with Gasteiger partial charge in [-0.15, -0.1) is 0 Å². The number of halogens is 3. The Morgan fingerprint density at radius 1 is 1.23 bits per heavy atom. The van der Waals surface area contributed by atoms with Gasteiger partial charge in [-0.05, 0) is 6.07 Å². The average molecular weight is 192 g/mol. The van der Waals surface area contributed by atoms with Gasteiger partial charge in [0.2, 0.25) is 0 Å². The first kappa shape index (κ1) is 9.76. The molecule has 13 heavy (non-hydrogen) atoms. The maximum atomic E-state index is 11.6. The lowest BCUT2D eigenvalue weighted by atomic mass is 10.4. The largest absolute Gasteiger partial charge is 0.463 e. The van der Waals surface area contributed by atoms with Gasteiger partial charge in [-0.3, -0.25) is 0 Å². The Kier molecular flexibility index (Phi) is 3.05. The van der Waals surface area contributed by atoms with Crippen LogP contribution in [0.4, 0.5) is 13.2 Å². The van der Waals surface area contributed by atoms with Crippen LogP contribution in [0, 0.1) is 0 Å². The molecule has 0 saturated heterocycles. The van der Waals surface area contributed by atoms with Crippen molar-refractivity contribution < 1.29 is 17.9 Å². The quantitative estimate of drug-likeness (QED) is 0.732. The number of ether oxygens (including phenoxy) is 1. The Hall–Kier alpha value is -1.33. The summed E-state index contributed by atoms with van der Waals surface area (Å²) in [6.45, 7) is -0.451. The van der Waals surface area contributed by atoms with Crippen LogP contribution in [-0.2, 0) is 0 Å². The molecule has 0 spiro atoms. The van der Waals surface area contributed by atoms with Gasteiger partial charge < -0.3 is 4.74 Å². The zero-order valence-electron chi connectivity index (χ0n) is 6.58. The first-order valence-electron chi connectivity index (χ1n) is 3.54. The Balaban J connectivity index is 2.29. The van der Waals surface area contributed by atoms with Crippen molar-refractivity contribution in [1.29, 1.82) is 0 Å². The second kappa shape index (κ2) is 4.06. The third kappa shape index (κ3) is 4.29. The molecule has 3 nitrogen and oxygen atoms in total. The highest BCUT2D eigenvalue weighted by atomic mass is 19.4. The molecule has 0 saturated carbocycles. The van der Waals surface area contributed by atoms with Crippen LogP contribution in [0.5, 0.6) is 6.01 Å². The Labute approximate surface area is 72.6 Å². The second-order valence-corrected chi connectivity index (χ2v) is 2.25. The SMILES string of the molecule is FC(F)(F)CCOc1ncccn1. The van der Waals surface area contributed by atoms with Crippen molar-refractivity contribution in [3.05, 3.63) is 18.5 Å². The summed E-state index contributed by atoms with van der Waals surface area (Å²) in [5.41, 5.74) is 0. The zero-order chi connectivity index (χ0) is 9.73. The second-order valence-electron chi connectivity index (χ2n) is 2.25. The molecule has 0 aliphatic heterocycles. The highest BCUT2D eigenvalue weighted by Gasteiger charge is 2.26. The first-order valence-corrected chi connectivity index (χ1v) is 3.54. The molecule has 0 atom stereocenters. The van der Waals surface area contributed by atoms with Crippen LogP contribution in [0.1, 0.15) is 6.42 Å². The van der Waals surface area contributed by atoms with Gasteiger partial charge >= 0.3 is 12.2 Å². The molecule has 1 aromatic rings. The summed E-state index contributed by atoms with van der Waals surface area (Å²) in [6, 6.07) is 1.52. The number of aromatic nitrogens is 2. The van der Waals surface area contributed by atoms with Crippen LogP contribution in [0.15, 0.2) is 18.5 Å². The van der Waals surface area contributed by atoms with E-state index >= 15 is 0 Å². The summed E-state index contributed by atoms with van der Waals surface area (Å²) in [6.07, 6.45) is -2.40. The van der Waals surface area contributed by atoms with Crippen LogP contribution >= 0.6 is 0 Å². The van der Waals surface area contributed by atoms with Gasteiger partial charge in [0.05, 0.1) is 6.42 Å². The molecule has 0 radical (unpaired) electrons. The standard InChI is InChI=1S/C7H7F3N2O/c8-7(9,10)2-5-13-6-11-3-1-4-12-6/h1,3-4H,2,5H2. The van der Waals surface area contributed by atoms with Gasteiger partial charge in [0.25, 0.3) is 0 Å². The molecule has 0 aliphatic rings. The fraction of sp³-hybridized carbons (Fsp3) is 0.429. The van der Waals surface area contributed by atoms with Gasteiger partial charge in [0, 0.05) is 12.4 Å². The van der Waals surface area contributed by atoms with E-state index in [4.69, 9.17) is 0 Å². The van der Waals surface area contributed by atoms with Crippen LogP contribution in [0.3, 0.4) is 0 Å². The molecule has 72 valence electrons. The van der Waals surface area contributed by atoms with Crippen molar-refractivity contribution in [1.82, 2.24) is 9.97 Å². The van der Waals surface area contributed by atoms with Crippen molar-refractivity contribution in [2.75, 3.05) is 6.61 Å². The van der Waals surface area contributed by atoms with E-state index in [1.54, 1.807) is 6.07 Å². The lowest BCUT2D eigenvalue weighted by molar-refractivity contribution is -0.139. The highest BCUT2D eigenvalue weighted by Crippen LogP contribution is 2.19. The molecule has 0 bridgehead atoms. The van der Waals surface area contributed by atoms with Gasteiger partial charge in [0.1, 0.15) is 6.61 Å². The fourth-order valence-electron chi connectivity index (χ4n) is 0.618. The molecule has 0 aromatic carbocycles. The van der Waals surface area contributed by atoms with Crippen LogP contribution in [0.2, 0.25) is 0 Å². The number of hydrogen-bond donors (Lipinski definition) is 0. The predicted molar refractivity (Wildman–Crippen MR) is 38.2 cm³/mol. The molecule has 0 unspecified atom stereocenters. The lowest BCUT2D eigenvalue weighted by Gasteiger charge is -2.06. The normalized spacial score (nSPS) is 11.3. The molecule has 0 fully saturated rings. The third-order valence-corrected chi connectivity index (χ3v) is 1.16. The number of hydrogen-bond acceptors (Lipinski definition) is 3. The summed E-state index contributed by atoms with van der Waals surface area (Å²) < 4.78 is 39.6. The smallest absolute Gasteiger partial charge is 0.392 e. The summed E-state index contributed by atoms with van der Waals surface area (Å²) in [7, 11) is 0. The predicted octanol–water partition coefficient (Wildman–Crippen LogP) is 1.81. The minimum absolute atomic E-state index is 0.0354. The van der Waals surface area contributed by atoms with Gasteiger partial charge in [-0.25, -0.2) is 9.97 Å². The Morgan fingerprint density at radius 3 is 2.38 bits per heavy atom. The first-order chi connectivity index (χ1) is 6.08. The fourth-order valence-corrected chi connectivity index (χ4v) is 0.618. The Bertz CT molecular complexity index is 250. The summed E-state index contributed by atoms with van der Waals surface area (Å²) in [4.78, 5) is 7.20. The van der Waals surface area contributed by atoms with Crippen molar-refractivity contribution in [3.8, 4) is 6.01 Å². The van der Waals surface area contributed by atoms with E-state index in [1.165, 1.54) is 12.4 Å². The molecular weight excluding hydrogens is 185 g/mol. The van der Waals surface area contributed by atoms with E-state index in [0.717, 1.165) is 0 Å². The van der Waals surface area contributed by atoms with Crippen molar-refractivity contribution in [2.45, 2.75) is 12.6 Å². The molecular formula is C7H7F3N2O. The maximum absolute atomic E-state index is 11.6. The van der Waals surface area contributed by atoms with E-state index < -0.39 is 19.2 Å². The van der Waals surface area contributed by atoms with E-state index in [1.807, 2.05) is 0 Å². The molecule has 1 heterocycles. The van der Waals surface area contributed by atoms with Crippen molar-refractivity contribution in [2.24, 2.45) is 0 Å². The highest BCUT2D eigenvalue weighted by molar-refractivity contribution is 4.92. The molecule has 1 rings (SSSR count). The molecule has 0 N–H and O–H groups in total. The van der Waals surface area contributed by atoms with E-state index in [0.29, 0.717) is 0 Å². The summed E-state index contributed by atoms with van der Waals surface area (Å²) in [5, 5.41) is 0. The number of rotatable bonds is 3. The van der Waals surface area contributed by atoms with E-state index in [9.17, 15) is 13.2 Å². The van der Waals surface area contributed by atoms with Gasteiger partial charge in [-0.1, -0.05) is 0 Å². The summed E-state index contributed by atoms with van der Waals surface area (Å²) >= 11 is 0. The molecule has 6 heteroatoms. The van der Waals surface area contributed by atoms with Crippen LogP contribution in [-0.4, -0.2) is 22.8 Å². The van der Waals surface area contributed by atoms with Gasteiger partial charge in [0.15, 0.2) is 0 Å². The van der Waals surface area contributed by atoms with Crippen molar-refractivity contribution in [3.63, 3.8) is 0 Å². The topological polar surface area (TPSA) is 35.0 Å². The number of alkyl halides is 3. The molecule has 1 aromatic heterocycles. The lowest BCUT2D eigenvalue weighted by Crippen LogP contribution is -2.13. The Morgan fingerprint density at radius 2 is 1.85 bits per heavy atom. The van der Waals surface area contributed by atoms with Crippen LogP contribution in [0.25, 0.3) is 0 Å². The maximum Gasteiger partial charge on any atom is 0.392 e.